The van der Waals surface area contributed by atoms with E-state index in [-0.39, 0.29) is 0 Å². The maximum atomic E-state index is 13.7. The van der Waals surface area contributed by atoms with Gasteiger partial charge >= 0.3 is 7.82 Å². The summed E-state index contributed by atoms with van der Waals surface area (Å²) >= 11 is 39.8. The van der Waals surface area contributed by atoms with Gasteiger partial charge in [0.25, 0.3) is 0 Å². The van der Waals surface area contributed by atoms with E-state index in [1.54, 1.807) is 0 Å². The second kappa shape index (κ2) is 14.4. The van der Waals surface area contributed by atoms with Crippen molar-refractivity contribution in [1.29, 1.82) is 0 Å². The number of phosphoric ester groups is 1. The molecule has 0 rings (SSSR count). The molecule has 14 heteroatoms. The van der Waals surface area contributed by atoms with Crippen molar-refractivity contribution in [1.82, 2.24) is 0 Å². The minimum absolute atomic E-state index is 0.481. The molecule has 3 atom stereocenters. The van der Waals surface area contributed by atoms with Crippen LogP contribution in [-0.2, 0) is 18.1 Å². The molecule has 0 aliphatic heterocycles. The highest BCUT2D eigenvalue weighted by Gasteiger charge is 2.47. The Morgan fingerprint density at radius 3 is 0.931 bits per heavy atom. The van der Waals surface area contributed by atoms with Crippen molar-refractivity contribution in [2.45, 2.75) is 37.5 Å². The lowest BCUT2D eigenvalue weighted by molar-refractivity contribution is 0.0222. The number of phosphoric acid groups is 1. The van der Waals surface area contributed by atoms with E-state index in [9.17, 15) is 4.57 Å². The number of hydrogen-bond donors (Lipinski definition) is 0. The molecule has 0 saturated heterocycles. The summed E-state index contributed by atoms with van der Waals surface area (Å²) in [4.78, 5) is 0. The Morgan fingerprint density at radius 2 is 0.793 bits per heavy atom. The zero-order valence-electron chi connectivity index (χ0n) is 16.0. The van der Waals surface area contributed by atoms with Crippen molar-refractivity contribution < 1.29 is 18.1 Å². The first-order valence-corrected chi connectivity index (χ1v) is 17.7. The van der Waals surface area contributed by atoms with Gasteiger partial charge < -0.3 is 0 Å². The smallest absolute Gasteiger partial charge is 0.267 e. The molecule has 0 amide bonds. The van der Waals surface area contributed by atoms with Gasteiger partial charge in [0.05, 0.1) is 0 Å². The molecule has 0 saturated carbocycles. The van der Waals surface area contributed by atoms with E-state index >= 15 is 0 Å². The van der Waals surface area contributed by atoms with Crippen LogP contribution in [0.4, 0.5) is 0 Å². The quantitative estimate of drug-likeness (QED) is 0.122. The molecule has 0 aliphatic rings. The molecule has 0 aromatic heterocycles. The molecule has 0 radical (unpaired) electrons. The van der Waals surface area contributed by atoms with E-state index in [2.05, 4.69) is 95.6 Å². The average molecular weight is 885 g/mol. The van der Waals surface area contributed by atoms with Crippen molar-refractivity contribution in [2.24, 2.45) is 16.2 Å². The molecule has 0 bridgehead atoms. The van der Waals surface area contributed by atoms with Gasteiger partial charge in [-0.25, -0.2) is 4.57 Å². The summed E-state index contributed by atoms with van der Waals surface area (Å²) < 4.78 is 30.7. The predicted octanol–water partition coefficient (Wildman–Crippen LogP) is 9.23. The largest absolute Gasteiger partial charge is 0.479 e. The summed E-state index contributed by atoms with van der Waals surface area (Å²) in [7, 11) is -4.28. The van der Waals surface area contributed by atoms with E-state index < -0.39 is 40.8 Å². The second-order valence-electron chi connectivity index (χ2n) is 7.48. The van der Waals surface area contributed by atoms with Gasteiger partial charge in [-0.2, -0.15) is 0 Å². The summed E-state index contributed by atoms with van der Waals surface area (Å²) in [6.07, 6.45) is 0. The molecule has 0 aromatic carbocycles. The van der Waals surface area contributed by atoms with E-state index in [4.69, 9.17) is 48.4 Å². The fraction of sp³-hybridized carbons (Fsp3) is 1.00. The van der Waals surface area contributed by atoms with Crippen LogP contribution >= 0.6 is 138 Å². The Labute approximate surface area is 239 Å². The second-order valence-corrected chi connectivity index (χ2v) is 13.6. The molecular formula is C15H24Br6Cl3O4P. The van der Waals surface area contributed by atoms with Gasteiger partial charge in [-0.15, -0.1) is 0 Å². The van der Waals surface area contributed by atoms with Gasteiger partial charge in [-0.05, 0) is 0 Å². The van der Waals surface area contributed by atoms with Crippen LogP contribution in [0.3, 0.4) is 0 Å². The Hall–Kier alpha value is 3.86. The topological polar surface area (TPSA) is 44.8 Å². The molecule has 0 aromatic rings. The summed E-state index contributed by atoms with van der Waals surface area (Å²) in [6, 6.07) is 0. The lowest BCUT2D eigenvalue weighted by Crippen LogP contribution is -2.38. The van der Waals surface area contributed by atoms with Crippen molar-refractivity contribution in [2.75, 3.05) is 32.0 Å². The fourth-order valence-corrected chi connectivity index (χ4v) is 9.87. The summed E-state index contributed by atoms with van der Waals surface area (Å²) in [5, 5.41) is 2.89. The van der Waals surface area contributed by atoms with Gasteiger partial charge in [-0.3, -0.25) is 13.6 Å². The van der Waals surface area contributed by atoms with Crippen molar-refractivity contribution in [3.05, 3.63) is 0 Å². The molecule has 0 spiro atoms. The van der Waals surface area contributed by atoms with Gasteiger partial charge in [0, 0.05) is 48.2 Å². The Kier molecular flexibility index (Phi) is 16.3. The monoisotopic (exact) mass is 878 g/mol. The van der Waals surface area contributed by atoms with Crippen LogP contribution in [-0.4, -0.2) is 48.7 Å². The lowest BCUT2D eigenvalue weighted by atomic mass is 9.98. The van der Waals surface area contributed by atoms with Crippen LogP contribution in [0, 0.1) is 16.2 Å². The highest BCUT2D eigenvalue weighted by molar-refractivity contribution is 9.10. The highest BCUT2D eigenvalue weighted by Crippen LogP contribution is 2.59. The molecule has 4 nitrogen and oxygen atoms in total. The average Bonchev–Trinajstić information content (AvgIpc) is 2.70. The van der Waals surface area contributed by atoms with E-state index in [0.29, 0.717) is 32.0 Å². The predicted molar refractivity (Wildman–Crippen MR) is 147 cm³/mol. The normalized spacial score (nSPS) is 18.9. The third-order valence-corrected chi connectivity index (χ3v) is 15.5. The van der Waals surface area contributed by atoms with Crippen LogP contribution in [0.25, 0.3) is 0 Å². The molecule has 0 N–H and O–H groups in total. The van der Waals surface area contributed by atoms with E-state index in [1.807, 2.05) is 20.8 Å². The molecule has 0 aliphatic carbocycles. The van der Waals surface area contributed by atoms with Crippen molar-refractivity contribution in [3.63, 3.8) is 0 Å². The molecule has 29 heavy (non-hydrogen) atoms. The number of rotatable bonds is 15. The Morgan fingerprint density at radius 1 is 0.621 bits per heavy atom. The van der Waals surface area contributed by atoms with Crippen molar-refractivity contribution >= 4 is 138 Å². The van der Waals surface area contributed by atoms with Gasteiger partial charge in [0.2, 0.25) is 0 Å². The minimum atomic E-state index is -4.28. The van der Waals surface area contributed by atoms with Gasteiger partial charge in [0.15, 0.2) is 0 Å². The zero-order chi connectivity index (χ0) is 23.1. The van der Waals surface area contributed by atoms with Crippen LogP contribution in [0.5, 0.6) is 0 Å². The van der Waals surface area contributed by atoms with Crippen LogP contribution in [0.15, 0.2) is 0 Å². The Balaban J connectivity index is 5.89. The van der Waals surface area contributed by atoms with Crippen LogP contribution in [0.1, 0.15) is 20.8 Å². The summed E-state index contributed by atoms with van der Waals surface area (Å²) in [5.41, 5.74) is -4.85. The van der Waals surface area contributed by atoms with Gasteiger partial charge in [0.1, 0.15) is 16.7 Å². The highest BCUT2D eigenvalue weighted by atomic mass is 79.9. The summed E-state index contributed by atoms with van der Waals surface area (Å²) in [5.74, 6) is 0. The standard InChI is InChI=1S/C15H24Br6Cl3O4P/c1-13(4-16,5-17)10(22)26-29(25,27-11(23)14(2,6-18)7-19)28-12(24)15(3,8-20)9-21/h10-12H,4-9H2,1-3H3. The number of hydrogen-bond acceptors (Lipinski definition) is 4. The molecule has 3 unspecified atom stereocenters. The maximum absolute atomic E-state index is 13.7. The maximum Gasteiger partial charge on any atom is 0.479 e. The first-order valence-electron chi connectivity index (χ1n) is 8.18. The number of halogens is 9. The van der Waals surface area contributed by atoms with Gasteiger partial charge in [-0.1, -0.05) is 151 Å². The summed E-state index contributed by atoms with van der Waals surface area (Å²) in [6.45, 7) is 5.57. The van der Waals surface area contributed by atoms with E-state index in [1.165, 1.54) is 0 Å². The zero-order valence-corrected chi connectivity index (χ0v) is 28.6. The van der Waals surface area contributed by atoms with Crippen LogP contribution in [0.2, 0.25) is 0 Å². The fourth-order valence-electron chi connectivity index (χ4n) is 1.27. The van der Waals surface area contributed by atoms with E-state index in [0.717, 1.165) is 0 Å². The first-order chi connectivity index (χ1) is 13.2. The third-order valence-electron chi connectivity index (χ3n) is 4.14. The minimum Gasteiger partial charge on any atom is -0.267 e. The SMILES string of the molecule is CC(CBr)(CBr)C(Cl)OP(=O)(OC(Cl)C(C)(CBr)CBr)OC(Cl)C(C)(CBr)CBr. The molecule has 176 valence electrons. The Bertz CT molecular complexity index is 467. The molecule has 0 fully saturated rings. The lowest BCUT2D eigenvalue weighted by Gasteiger charge is -2.38. The van der Waals surface area contributed by atoms with Crippen molar-refractivity contribution in [3.8, 4) is 0 Å². The number of alkyl halides is 9. The molecular weight excluding hydrogens is 861 g/mol. The third kappa shape index (κ3) is 9.44. The molecule has 0 heterocycles. The van der Waals surface area contributed by atoms with Crippen LogP contribution < -0.4 is 0 Å². The first kappa shape index (κ1) is 32.9.